The number of rotatable bonds is 5. The number of pyridine rings is 1. The Labute approximate surface area is 160 Å². The molecule has 0 fully saturated rings. The Morgan fingerprint density at radius 3 is 2.54 bits per heavy atom. The molecule has 2 aromatic carbocycles. The number of aromatic nitrogens is 3. The van der Waals surface area contributed by atoms with Gasteiger partial charge in [-0.3, -0.25) is 9.78 Å². The van der Waals surface area contributed by atoms with Gasteiger partial charge in [-0.25, -0.2) is 9.78 Å². The number of aromatic carboxylic acids is 1. The smallest absolute Gasteiger partial charge is 0.335 e. The number of hydrogen-bond acceptors (Lipinski definition) is 4. The molecular weight excluding hydrogens is 356 g/mol. The number of H-pyrrole nitrogens is 1. The Morgan fingerprint density at radius 2 is 1.82 bits per heavy atom. The first-order valence-electron chi connectivity index (χ1n) is 8.61. The highest BCUT2D eigenvalue weighted by Gasteiger charge is 2.10. The molecule has 2 aromatic heterocycles. The molecule has 2 heterocycles. The van der Waals surface area contributed by atoms with Crippen molar-refractivity contribution in [2.24, 2.45) is 0 Å². The lowest BCUT2D eigenvalue weighted by molar-refractivity contribution is 0.0696. The summed E-state index contributed by atoms with van der Waals surface area (Å²) in [6.07, 6.45) is 3.42. The summed E-state index contributed by atoms with van der Waals surface area (Å²) in [5.74, 6) is -0.505. The van der Waals surface area contributed by atoms with Crippen LogP contribution >= 0.6 is 0 Å². The van der Waals surface area contributed by atoms with Crippen LogP contribution < -0.4 is 5.32 Å². The lowest BCUT2D eigenvalue weighted by atomic mass is 10.1. The van der Waals surface area contributed by atoms with E-state index in [0.717, 1.165) is 22.2 Å². The summed E-state index contributed by atoms with van der Waals surface area (Å²) in [6.45, 7) is 0.306. The summed E-state index contributed by atoms with van der Waals surface area (Å²) in [5, 5.41) is 11.8. The molecule has 0 aliphatic carbocycles. The highest BCUT2D eigenvalue weighted by atomic mass is 16.4. The Hall–Kier alpha value is -4.00. The standard InChI is InChI=1S/C21H16N4O3/c26-20(23-11-13-3-5-14(6-4-13)21(27)28)15-7-8-17-18(10-15)25-19(24-17)16-2-1-9-22-12-16/h1-10,12H,11H2,(H,23,26)(H,24,25)(H,27,28). The van der Waals surface area contributed by atoms with Crippen LogP contribution in [0.4, 0.5) is 0 Å². The Bertz CT molecular complexity index is 1150. The van der Waals surface area contributed by atoms with E-state index in [1.54, 1.807) is 42.7 Å². The maximum absolute atomic E-state index is 12.5. The molecule has 4 aromatic rings. The lowest BCUT2D eigenvalue weighted by Gasteiger charge is -2.06. The van der Waals surface area contributed by atoms with Crippen LogP contribution in [0.3, 0.4) is 0 Å². The summed E-state index contributed by atoms with van der Waals surface area (Å²) in [7, 11) is 0. The van der Waals surface area contributed by atoms with Crippen molar-refractivity contribution in [1.82, 2.24) is 20.3 Å². The average Bonchev–Trinajstić information content (AvgIpc) is 3.16. The van der Waals surface area contributed by atoms with Crippen LogP contribution in [-0.2, 0) is 6.54 Å². The third kappa shape index (κ3) is 3.59. The van der Waals surface area contributed by atoms with Gasteiger partial charge in [0.25, 0.3) is 5.91 Å². The van der Waals surface area contributed by atoms with E-state index in [4.69, 9.17) is 5.11 Å². The number of carboxylic acids is 1. The molecule has 3 N–H and O–H groups in total. The average molecular weight is 372 g/mol. The van der Waals surface area contributed by atoms with Gasteiger partial charge in [0.2, 0.25) is 0 Å². The Morgan fingerprint density at radius 1 is 1.04 bits per heavy atom. The molecule has 1 amide bonds. The summed E-state index contributed by atoms with van der Waals surface area (Å²) in [6, 6.07) is 15.4. The van der Waals surface area contributed by atoms with E-state index in [1.807, 2.05) is 12.1 Å². The van der Waals surface area contributed by atoms with Gasteiger partial charge in [0.05, 0.1) is 16.6 Å². The third-order valence-electron chi connectivity index (χ3n) is 4.33. The van der Waals surface area contributed by atoms with Crippen molar-refractivity contribution in [3.8, 4) is 11.4 Å². The predicted octanol–water partition coefficient (Wildman–Crippen LogP) is 3.25. The van der Waals surface area contributed by atoms with Crippen LogP contribution in [0.5, 0.6) is 0 Å². The third-order valence-corrected chi connectivity index (χ3v) is 4.33. The number of fused-ring (bicyclic) bond motifs is 1. The normalized spacial score (nSPS) is 10.7. The number of carboxylic acid groups (broad SMARTS) is 1. The molecule has 7 nitrogen and oxygen atoms in total. The molecule has 4 rings (SSSR count). The topological polar surface area (TPSA) is 108 Å². The van der Waals surface area contributed by atoms with Gasteiger partial charge in [-0.15, -0.1) is 0 Å². The zero-order valence-electron chi connectivity index (χ0n) is 14.7. The van der Waals surface area contributed by atoms with Crippen LogP contribution in [0.2, 0.25) is 0 Å². The van der Waals surface area contributed by atoms with Gasteiger partial charge in [0, 0.05) is 30.1 Å². The molecule has 0 bridgehead atoms. The fraction of sp³-hybridized carbons (Fsp3) is 0.0476. The SMILES string of the molecule is O=C(O)c1ccc(CNC(=O)c2ccc3nc(-c4cccnc4)[nH]c3c2)cc1. The molecule has 138 valence electrons. The Balaban J connectivity index is 1.49. The largest absolute Gasteiger partial charge is 0.478 e. The molecule has 0 saturated carbocycles. The molecule has 0 aliphatic rings. The van der Waals surface area contributed by atoms with E-state index in [1.165, 1.54) is 12.1 Å². The van der Waals surface area contributed by atoms with Gasteiger partial charge in [0.15, 0.2) is 0 Å². The second-order valence-corrected chi connectivity index (χ2v) is 6.24. The highest BCUT2D eigenvalue weighted by molar-refractivity contribution is 5.97. The first-order valence-corrected chi connectivity index (χ1v) is 8.61. The van der Waals surface area contributed by atoms with Crippen LogP contribution in [0, 0.1) is 0 Å². The van der Waals surface area contributed by atoms with Crippen molar-refractivity contribution in [2.45, 2.75) is 6.54 Å². The van der Waals surface area contributed by atoms with Crippen molar-refractivity contribution >= 4 is 22.9 Å². The van der Waals surface area contributed by atoms with Gasteiger partial charge in [-0.1, -0.05) is 12.1 Å². The number of benzene rings is 2. The first-order chi connectivity index (χ1) is 13.6. The van der Waals surface area contributed by atoms with Gasteiger partial charge in [-0.2, -0.15) is 0 Å². The second kappa shape index (κ2) is 7.32. The van der Waals surface area contributed by atoms with Crippen LogP contribution in [0.15, 0.2) is 67.0 Å². The molecule has 0 unspecified atom stereocenters. The number of hydrogen-bond donors (Lipinski definition) is 3. The maximum atomic E-state index is 12.5. The summed E-state index contributed by atoms with van der Waals surface area (Å²) < 4.78 is 0. The molecule has 0 atom stereocenters. The molecule has 7 heteroatoms. The van der Waals surface area contributed by atoms with Crippen molar-refractivity contribution in [2.75, 3.05) is 0 Å². The predicted molar refractivity (Wildman–Crippen MR) is 104 cm³/mol. The molecule has 0 saturated heterocycles. The van der Waals surface area contributed by atoms with Crippen LogP contribution in [-0.4, -0.2) is 31.9 Å². The number of nitrogens with zero attached hydrogens (tertiary/aromatic N) is 2. The van der Waals surface area contributed by atoms with Gasteiger partial charge < -0.3 is 15.4 Å². The first kappa shape index (κ1) is 17.4. The molecule has 28 heavy (non-hydrogen) atoms. The Kier molecular flexibility index (Phi) is 4.55. The molecule has 0 aliphatic heterocycles. The van der Waals surface area contributed by atoms with E-state index < -0.39 is 5.97 Å². The highest BCUT2D eigenvalue weighted by Crippen LogP contribution is 2.20. The summed E-state index contributed by atoms with van der Waals surface area (Å²) >= 11 is 0. The van der Waals surface area contributed by atoms with Gasteiger partial charge in [0.1, 0.15) is 5.82 Å². The maximum Gasteiger partial charge on any atom is 0.335 e. The van der Waals surface area contributed by atoms with Crippen molar-refractivity contribution in [3.05, 3.63) is 83.7 Å². The van der Waals surface area contributed by atoms with Crippen LogP contribution in [0.25, 0.3) is 22.4 Å². The van der Waals surface area contributed by atoms with E-state index in [2.05, 4.69) is 20.3 Å². The number of aromatic amines is 1. The molecule has 0 spiro atoms. The lowest BCUT2D eigenvalue weighted by Crippen LogP contribution is -2.22. The van der Waals surface area contributed by atoms with Gasteiger partial charge >= 0.3 is 5.97 Å². The zero-order valence-corrected chi connectivity index (χ0v) is 14.7. The minimum atomic E-state index is -0.978. The number of amides is 1. The minimum Gasteiger partial charge on any atom is -0.478 e. The number of carbonyl (C=O) groups is 2. The fourth-order valence-electron chi connectivity index (χ4n) is 2.84. The number of carbonyl (C=O) groups excluding carboxylic acids is 1. The fourth-order valence-corrected chi connectivity index (χ4v) is 2.84. The monoisotopic (exact) mass is 372 g/mol. The zero-order chi connectivity index (χ0) is 19.5. The molecular formula is C21H16N4O3. The minimum absolute atomic E-state index is 0.212. The summed E-state index contributed by atoms with van der Waals surface area (Å²) in [5.41, 5.74) is 3.94. The summed E-state index contributed by atoms with van der Waals surface area (Å²) in [4.78, 5) is 35.2. The number of imidazole rings is 1. The van der Waals surface area contributed by atoms with E-state index in [0.29, 0.717) is 17.9 Å². The quantitative estimate of drug-likeness (QED) is 0.498. The van der Waals surface area contributed by atoms with Crippen molar-refractivity contribution < 1.29 is 14.7 Å². The van der Waals surface area contributed by atoms with E-state index >= 15 is 0 Å². The second-order valence-electron chi connectivity index (χ2n) is 6.24. The molecule has 0 radical (unpaired) electrons. The van der Waals surface area contributed by atoms with Gasteiger partial charge in [-0.05, 0) is 48.0 Å². The van der Waals surface area contributed by atoms with E-state index in [-0.39, 0.29) is 11.5 Å². The van der Waals surface area contributed by atoms with Crippen LogP contribution in [0.1, 0.15) is 26.3 Å². The van der Waals surface area contributed by atoms with Crippen molar-refractivity contribution in [1.29, 1.82) is 0 Å². The van der Waals surface area contributed by atoms with E-state index in [9.17, 15) is 9.59 Å². The number of nitrogens with one attached hydrogen (secondary N) is 2. The van der Waals surface area contributed by atoms with Crippen molar-refractivity contribution in [3.63, 3.8) is 0 Å².